The molecule has 0 unspecified atom stereocenters. The van der Waals surface area contributed by atoms with Crippen LogP contribution in [0.1, 0.15) is 10.4 Å². The van der Waals surface area contributed by atoms with E-state index in [0.29, 0.717) is 11.1 Å². The summed E-state index contributed by atoms with van der Waals surface area (Å²) in [7, 11) is 0. The average molecular weight is 359 g/mol. The Morgan fingerprint density at radius 2 is 1.80 bits per heavy atom. The van der Waals surface area contributed by atoms with Crippen LogP contribution in [-0.2, 0) is 0 Å². The van der Waals surface area contributed by atoms with Gasteiger partial charge in [-0.2, -0.15) is 0 Å². The lowest BCUT2D eigenvalue weighted by atomic mass is 10.1. The molecule has 1 aromatic heterocycles. The van der Waals surface area contributed by atoms with Gasteiger partial charge in [0.15, 0.2) is 5.78 Å². The number of benzene rings is 2. The van der Waals surface area contributed by atoms with Crippen molar-refractivity contribution >= 4 is 23.2 Å². The number of aromatic nitrogens is 2. The van der Waals surface area contributed by atoms with Gasteiger partial charge < -0.3 is 4.42 Å². The molecule has 0 N–H and O–H groups in total. The quantitative estimate of drug-likeness (QED) is 0.286. The molecule has 0 atom stereocenters. The molecule has 3 aromatic rings. The summed E-state index contributed by atoms with van der Waals surface area (Å²) in [6.45, 7) is 0. The minimum absolute atomic E-state index is 0.0391. The van der Waals surface area contributed by atoms with Crippen LogP contribution in [0.25, 0.3) is 11.5 Å². The molecule has 1 heterocycles. The van der Waals surface area contributed by atoms with E-state index in [1.54, 1.807) is 0 Å². The molecule has 0 aliphatic heterocycles. The highest BCUT2D eigenvalue weighted by Crippen LogP contribution is 2.25. The third-order valence-electron chi connectivity index (χ3n) is 3.22. The summed E-state index contributed by atoms with van der Waals surface area (Å²) in [4.78, 5) is 22.1. The van der Waals surface area contributed by atoms with E-state index < -0.39 is 10.7 Å². The zero-order valence-electron chi connectivity index (χ0n) is 12.6. The highest BCUT2D eigenvalue weighted by atomic mass is 32.2. The Balaban J connectivity index is 1.64. The van der Waals surface area contributed by atoms with E-state index >= 15 is 0 Å². The SMILES string of the molecule is O=C(CSc1nnc(-c2ccc([N+](=O)[O-])cc2)o1)c1ccc(F)cc1. The van der Waals surface area contributed by atoms with Crippen molar-refractivity contribution in [2.24, 2.45) is 0 Å². The summed E-state index contributed by atoms with van der Waals surface area (Å²) in [6.07, 6.45) is 0. The van der Waals surface area contributed by atoms with E-state index in [1.165, 1.54) is 48.5 Å². The molecule has 0 amide bonds. The van der Waals surface area contributed by atoms with Crippen molar-refractivity contribution in [3.63, 3.8) is 0 Å². The van der Waals surface area contributed by atoms with Crippen LogP contribution in [0.5, 0.6) is 0 Å². The maximum Gasteiger partial charge on any atom is 0.277 e. The molecular weight excluding hydrogens is 349 g/mol. The van der Waals surface area contributed by atoms with Crippen LogP contribution in [0.15, 0.2) is 58.2 Å². The standard InChI is InChI=1S/C16H10FN3O4S/c17-12-5-1-10(2-6-12)14(21)9-25-16-19-18-15(24-16)11-3-7-13(8-4-11)20(22)23/h1-8H,9H2. The van der Waals surface area contributed by atoms with Crippen LogP contribution >= 0.6 is 11.8 Å². The Hall–Kier alpha value is -3.07. The van der Waals surface area contributed by atoms with Crippen molar-refractivity contribution in [1.29, 1.82) is 0 Å². The van der Waals surface area contributed by atoms with Crippen molar-refractivity contribution in [3.05, 3.63) is 70.0 Å². The van der Waals surface area contributed by atoms with Crippen LogP contribution in [0.3, 0.4) is 0 Å². The predicted molar refractivity (Wildman–Crippen MR) is 87.8 cm³/mol. The Bertz CT molecular complexity index is 910. The van der Waals surface area contributed by atoms with E-state index in [9.17, 15) is 19.3 Å². The third-order valence-corrected chi connectivity index (χ3v) is 4.04. The van der Waals surface area contributed by atoms with Gasteiger partial charge in [0.1, 0.15) is 5.82 Å². The van der Waals surface area contributed by atoms with Gasteiger partial charge in [-0.05, 0) is 36.4 Å². The fourth-order valence-corrected chi connectivity index (χ4v) is 2.61. The molecule has 0 aliphatic rings. The number of carbonyl (C=O) groups is 1. The van der Waals surface area contributed by atoms with E-state index in [4.69, 9.17) is 4.42 Å². The average Bonchev–Trinajstić information content (AvgIpc) is 3.09. The fourth-order valence-electron chi connectivity index (χ4n) is 1.96. The van der Waals surface area contributed by atoms with Gasteiger partial charge in [-0.15, -0.1) is 10.2 Å². The molecule has 3 rings (SSSR count). The molecule has 2 aromatic carbocycles. The highest BCUT2D eigenvalue weighted by molar-refractivity contribution is 7.99. The predicted octanol–water partition coefficient (Wildman–Crippen LogP) is 3.76. The van der Waals surface area contributed by atoms with Gasteiger partial charge in [0.05, 0.1) is 10.7 Å². The van der Waals surface area contributed by atoms with Crippen molar-refractivity contribution in [2.45, 2.75) is 5.22 Å². The molecule has 126 valence electrons. The number of nitrogens with zero attached hydrogens (tertiary/aromatic N) is 3. The number of thioether (sulfide) groups is 1. The highest BCUT2D eigenvalue weighted by Gasteiger charge is 2.13. The molecule has 9 heteroatoms. The Kier molecular flexibility index (Phi) is 4.85. The summed E-state index contributed by atoms with van der Waals surface area (Å²) < 4.78 is 18.3. The zero-order valence-corrected chi connectivity index (χ0v) is 13.4. The lowest BCUT2D eigenvalue weighted by molar-refractivity contribution is -0.384. The van der Waals surface area contributed by atoms with E-state index in [2.05, 4.69) is 10.2 Å². The minimum Gasteiger partial charge on any atom is -0.411 e. The molecular formula is C16H10FN3O4S. The van der Waals surface area contributed by atoms with Crippen molar-refractivity contribution in [3.8, 4) is 11.5 Å². The molecule has 0 aliphatic carbocycles. The van der Waals surface area contributed by atoms with Gasteiger partial charge in [0, 0.05) is 23.3 Å². The van der Waals surface area contributed by atoms with Gasteiger partial charge >= 0.3 is 0 Å². The first-order valence-electron chi connectivity index (χ1n) is 7.03. The monoisotopic (exact) mass is 359 g/mol. The number of halogens is 1. The van der Waals surface area contributed by atoms with E-state index in [1.807, 2.05) is 0 Å². The number of nitro benzene ring substituents is 1. The van der Waals surface area contributed by atoms with Crippen LogP contribution in [-0.4, -0.2) is 26.7 Å². The first kappa shape index (κ1) is 16.8. The van der Waals surface area contributed by atoms with Crippen LogP contribution in [0, 0.1) is 15.9 Å². The van der Waals surface area contributed by atoms with Crippen LogP contribution in [0.4, 0.5) is 10.1 Å². The van der Waals surface area contributed by atoms with Crippen LogP contribution < -0.4 is 0 Å². The molecule has 0 fully saturated rings. The number of hydrogen-bond acceptors (Lipinski definition) is 7. The smallest absolute Gasteiger partial charge is 0.277 e. The summed E-state index contributed by atoms with van der Waals surface area (Å²) in [5.74, 6) is -0.339. The largest absolute Gasteiger partial charge is 0.411 e. The molecule has 0 saturated carbocycles. The third kappa shape index (κ3) is 4.07. The molecule has 0 radical (unpaired) electrons. The Morgan fingerprint density at radius 3 is 2.44 bits per heavy atom. The Labute approximate surface area is 145 Å². The first-order chi connectivity index (χ1) is 12.0. The maximum absolute atomic E-state index is 12.8. The number of rotatable bonds is 6. The molecule has 0 saturated heterocycles. The number of Topliss-reactive ketones (excluding diaryl/α,β-unsaturated/α-hetero) is 1. The van der Waals surface area contributed by atoms with E-state index in [0.717, 1.165) is 11.8 Å². The van der Waals surface area contributed by atoms with Crippen molar-refractivity contribution < 1.29 is 18.5 Å². The number of non-ortho nitro benzene ring substituents is 1. The number of carbonyl (C=O) groups excluding carboxylic acids is 1. The van der Waals surface area contributed by atoms with Gasteiger partial charge in [-0.3, -0.25) is 14.9 Å². The summed E-state index contributed by atoms with van der Waals surface area (Å²) in [6, 6.07) is 10.9. The lowest BCUT2D eigenvalue weighted by Crippen LogP contribution is -2.02. The van der Waals surface area contributed by atoms with Gasteiger partial charge in [0.25, 0.3) is 10.9 Å². The fraction of sp³-hybridized carbons (Fsp3) is 0.0625. The van der Waals surface area contributed by atoms with Gasteiger partial charge in [-0.1, -0.05) is 11.8 Å². The Morgan fingerprint density at radius 1 is 1.12 bits per heavy atom. The number of hydrogen-bond donors (Lipinski definition) is 0. The topological polar surface area (TPSA) is 99.1 Å². The lowest BCUT2D eigenvalue weighted by Gasteiger charge is -1.98. The minimum atomic E-state index is -0.500. The maximum atomic E-state index is 12.8. The number of ketones is 1. The van der Waals surface area contributed by atoms with Gasteiger partial charge in [0.2, 0.25) is 5.89 Å². The molecule has 0 bridgehead atoms. The first-order valence-corrected chi connectivity index (χ1v) is 8.01. The van der Waals surface area contributed by atoms with Crippen LogP contribution in [0.2, 0.25) is 0 Å². The van der Waals surface area contributed by atoms with Gasteiger partial charge in [-0.25, -0.2) is 4.39 Å². The number of nitro groups is 1. The summed E-state index contributed by atoms with van der Waals surface area (Å²) in [5.41, 5.74) is 0.890. The molecule has 0 spiro atoms. The van der Waals surface area contributed by atoms with E-state index in [-0.39, 0.29) is 28.3 Å². The second-order valence-corrected chi connectivity index (χ2v) is 5.82. The zero-order chi connectivity index (χ0) is 17.8. The van der Waals surface area contributed by atoms with Crippen molar-refractivity contribution in [1.82, 2.24) is 10.2 Å². The second kappa shape index (κ2) is 7.22. The summed E-state index contributed by atoms with van der Waals surface area (Å²) in [5, 5.41) is 18.5. The van der Waals surface area contributed by atoms with Crippen molar-refractivity contribution in [2.75, 3.05) is 5.75 Å². The summed E-state index contributed by atoms with van der Waals surface area (Å²) >= 11 is 1.06. The second-order valence-electron chi connectivity index (χ2n) is 4.90. The molecule has 7 nitrogen and oxygen atoms in total. The molecule has 25 heavy (non-hydrogen) atoms. The normalized spacial score (nSPS) is 10.6.